The molecule has 0 bridgehead atoms. The highest BCUT2D eigenvalue weighted by atomic mass is 32.1. The lowest BCUT2D eigenvalue weighted by molar-refractivity contribution is -0.139. The zero-order valence-corrected chi connectivity index (χ0v) is 15.4. The van der Waals surface area contributed by atoms with Crippen LogP contribution < -0.4 is 5.32 Å². The zero-order valence-electron chi connectivity index (χ0n) is 14.5. The molecule has 2 aromatic carbocycles. The van der Waals surface area contributed by atoms with Gasteiger partial charge in [0.1, 0.15) is 6.04 Å². The van der Waals surface area contributed by atoms with Crippen molar-refractivity contribution >= 4 is 24.6 Å². The van der Waals surface area contributed by atoms with E-state index in [1.165, 1.54) is 0 Å². The average Bonchev–Trinajstić information content (AvgIpc) is 2.66. The number of thiol groups is 1. The molecule has 0 spiro atoms. The number of benzene rings is 2. The summed E-state index contributed by atoms with van der Waals surface area (Å²) in [6.07, 6.45) is 0.952. The predicted octanol–water partition coefficient (Wildman–Crippen LogP) is 2.87. The summed E-state index contributed by atoms with van der Waals surface area (Å²) in [6, 6.07) is 17.8. The number of nitrogens with one attached hydrogen (secondary N) is 1. The summed E-state index contributed by atoms with van der Waals surface area (Å²) >= 11 is 4.21. The van der Waals surface area contributed by atoms with Gasteiger partial charge in [0.2, 0.25) is 0 Å². The quantitative estimate of drug-likeness (QED) is 0.593. The lowest BCUT2D eigenvalue weighted by Gasteiger charge is -2.25. The standard InChI is InChI=1S/C20H24N2O3S/c23-19(24)18(15-17-9-5-2-6-10-17)21-20(25)22(13-14-26)12-11-16-7-3-1-4-8-16/h1-10,18,26H,11-15H2,(H,21,25)(H,23,24). The maximum Gasteiger partial charge on any atom is 0.326 e. The van der Waals surface area contributed by atoms with E-state index in [0.717, 1.165) is 11.1 Å². The smallest absolute Gasteiger partial charge is 0.326 e. The fourth-order valence-electron chi connectivity index (χ4n) is 2.63. The van der Waals surface area contributed by atoms with E-state index in [-0.39, 0.29) is 12.5 Å². The molecule has 0 aromatic heterocycles. The number of hydrogen-bond donors (Lipinski definition) is 3. The Morgan fingerprint density at radius 1 is 0.962 bits per heavy atom. The number of urea groups is 1. The molecular formula is C20H24N2O3S. The summed E-state index contributed by atoms with van der Waals surface area (Å²) in [5.41, 5.74) is 1.99. The third-order valence-electron chi connectivity index (χ3n) is 4.05. The first-order valence-corrected chi connectivity index (χ1v) is 9.20. The van der Waals surface area contributed by atoms with Crippen LogP contribution in [0, 0.1) is 0 Å². The van der Waals surface area contributed by atoms with Crippen molar-refractivity contribution in [1.29, 1.82) is 0 Å². The highest BCUT2D eigenvalue weighted by Gasteiger charge is 2.23. The number of nitrogens with zero attached hydrogens (tertiary/aromatic N) is 1. The topological polar surface area (TPSA) is 69.6 Å². The van der Waals surface area contributed by atoms with Crippen LogP contribution in [0.1, 0.15) is 11.1 Å². The van der Waals surface area contributed by atoms with Crippen molar-refractivity contribution in [2.75, 3.05) is 18.8 Å². The van der Waals surface area contributed by atoms with Crippen molar-refractivity contribution in [3.8, 4) is 0 Å². The normalized spacial score (nSPS) is 11.6. The Morgan fingerprint density at radius 3 is 2.08 bits per heavy atom. The molecule has 0 heterocycles. The summed E-state index contributed by atoms with van der Waals surface area (Å²) < 4.78 is 0. The lowest BCUT2D eigenvalue weighted by atomic mass is 10.1. The Morgan fingerprint density at radius 2 is 1.54 bits per heavy atom. The van der Waals surface area contributed by atoms with Crippen molar-refractivity contribution in [3.63, 3.8) is 0 Å². The van der Waals surface area contributed by atoms with Gasteiger partial charge < -0.3 is 15.3 Å². The minimum absolute atomic E-state index is 0.245. The van der Waals surface area contributed by atoms with Crippen LogP contribution in [0.2, 0.25) is 0 Å². The molecule has 0 aliphatic rings. The molecule has 0 fully saturated rings. The molecule has 0 radical (unpaired) electrons. The highest BCUT2D eigenvalue weighted by Crippen LogP contribution is 2.06. The fourth-order valence-corrected chi connectivity index (χ4v) is 2.88. The Kier molecular flexibility index (Phi) is 8.02. The number of amides is 2. The number of carbonyl (C=O) groups is 2. The van der Waals surface area contributed by atoms with E-state index in [2.05, 4.69) is 17.9 Å². The fraction of sp³-hybridized carbons (Fsp3) is 0.300. The van der Waals surface area contributed by atoms with Crippen LogP contribution in [0.3, 0.4) is 0 Å². The maximum absolute atomic E-state index is 12.6. The number of carboxylic acid groups (broad SMARTS) is 1. The Labute approximate surface area is 159 Å². The van der Waals surface area contributed by atoms with E-state index < -0.39 is 12.0 Å². The van der Waals surface area contributed by atoms with E-state index in [9.17, 15) is 14.7 Å². The van der Waals surface area contributed by atoms with Gasteiger partial charge in [0.25, 0.3) is 0 Å². The molecule has 6 heteroatoms. The van der Waals surface area contributed by atoms with Crippen LogP contribution in [0.15, 0.2) is 60.7 Å². The Bertz CT molecular complexity index is 695. The molecule has 0 aliphatic heterocycles. The van der Waals surface area contributed by atoms with Crippen LogP contribution in [0.5, 0.6) is 0 Å². The van der Waals surface area contributed by atoms with Crippen LogP contribution in [-0.4, -0.2) is 46.9 Å². The third-order valence-corrected chi connectivity index (χ3v) is 4.25. The van der Waals surface area contributed by atoms with Gasteiger partial charge in [-0.3, -0.25) is 0 Å². The van der Waals surface area contributed by atoms with Gasteiger partial charge in [-0.2, -0.15) is 12.6 Å². The van der Waals surface area contributed by atoms with E-state index in [0.29, 0.717) is 25.3 Å². The molecular weight excluding hydrogens is 348 g/mol. The van der Waals surface area contributed by atoms with Gasteiger partial charge in [-0.25, -0.2) is 9.59 Å². The van der Waals surface area contributed by atoms with Crippen molar-refractivity contribution in [2.45, 2.75) is 18.9 Å². The average molecular weight is 372 g/mol. The summed E-state index contributed by atoms with van der Waals surface area (Å²) in [6.45, 7) is 0.966. The van der Waals surface area contributed by atoms with Gasteiger partial charge >= 0.3 is 12.0 Å². The van der Waals surface area contributed by atoms with E-state index in [1.807, 2.05) is 60.7 Å². The van der Waals surface area contributed by atoms with E-state index in [1.54, 1.807) is 4.90 Å². The molecule has 2 N–H and O–H groups in total. The molecule has 2 rings (SSSR count). The van der Waals surface area contributed by atoms with Crippen molar-refractivity contribution < 1.29 is 14.7 Å². The van der Waals surface area contributed by atoms with Gasteiger partial charge in [-0.15, -0.1) is 0 Å². The molecule has 1 unspecified atom stereocenters. The molecule has 0 saturated heterocycles. The summed E-state index contributed by atoms with van der Waals surface area (Å²) in [5, 5.41) is 12.1. The number of carbonyl (C=O) groups excluding carboxylic acids is 1. The molecule has 1 atom stereocenters. The van der Waals surface area contributed by atoms with Crippen molar-refractivity contribution in [1.82, 2.24) is 10.2 Å². The number of rotatable bonds is 9. The summed E-state index contributed by atoms with van der Waals surface area (Å²) in [4.78, 5) is 25.7. The second kappa shape index (κ2) is 10.5. The second-order valence-electron chi connectivity index (χ2n) is 5.98. The molecule has 138 valence electrons. The maximum atomic E-state index is 12.6. The molecule has 0 aliphatic carbocycles. The Balaban J connectivity index is 1.98. The van der Waals surface area contributed by atoms with Gasteiger partial charge in [0, 0.05) is 25.3 Å². The summed E-state index contributed by atoms with van der Waals surface area (Å²) in [5.74, 6) is -0.533. The van der Waals surface area contributed by atoms with E-state index >= 15 is 0 Å². The molecule has 2 aromatic rings. The molecule has 0 saturated carbocycles. The van der Waals surface area contributed by atoms with E-state index in [4.69, 9.17) is 0 Å². The monoisotopic (exact) mass is 372 g/mol. The minimum Gasteiger partial charge on any atom is -0.480 e. The number of carboxylic acids is 1. The summed E-state index contributed by atoms with van der Waals surface area (Å²) in [7, 11) is 0. The minimum atomic E-state index is -1.05. The van der Waals surface area contributed by atoms with Crippen LogP contribution in [-0.2, 0) is 17.6 Å². The van der Waals surface area contributed by atoms with Crippen LogP contribution >= 0.6 is 12.6 Å². The van der Waals surface area contributed by atoms with Crippen molar-refractivity contribution in [3.05, 3.63) is 71.8 Å². The van der Waals surface area contributed by atoms with Gasteiger partial charge in [-0.1, -0.05) is 60.7 Å². The second-order valence-corrected chi connectivity index (χ2v) is 6.42. The number of aliphatic carboxylic acids is 1. The van der Waals surface area contributed by atoms with Gasteiger partial charge in [0.05, 0.1) is 0 Å². The van der Waals surface area contributed by atoms with Gasteiger partial charge in [-0.05, 0) is 17.5 Å². The molecule has 2 amide bonds. The lowest BCUT2D eigenvalue weighted by Crippen LogP contribution is -2.49. The molecule has 26 heavy (non-hydrogen) atoms. The first-order chi connectivity index (χ1) is 12.6. The van der Waals surface area contributed by atoms with Crippen LogP contribution in [0.25, 0.3) is 0 Å². The van der Waals surface area contributed by atoms with Crippen LogP contribution in [0.4, 0.5) is 4.79 Å². The highest BCUT2D eigenvalue weighted by molar-refractivity contribution is 7.80. The Hall–Kier alpha value is -2.47. The largest absolute Gasteiger partial charge is 0.480 e. The number of hydrogen-bond acceptors (Lipinski definition) is 3. The molecule has 5 nitrogen and oxygen atoms in total. The zero-order chi connectivity index (χ0) is 18.8. The first-order valence-electron chi connectivity index (χ1n) is 8.57. The van der Waals surface area contributed by atoms with Crippen molar-refractivity contribution in [2.24, 2.45) is 0 Å². The van der Waals surface area contributed by atoms with Gasteiger partial charge in [0.15, 0.2) is 0 Å². The SMILES string of the molecule is O=C(O)C(Cc1ccccc1)NC(=O)N(CCS)CCc1ccccc1. The first kappa shape index (κ1) is 19.8. The predicted molar refractivity (Wildman–Crippen MR) is 106 cm³/mol. The third kappa shape index (κ3) is 6.44.